The van der Waals surface area contributed by atoms with Crippen molar-refractivity contribution in [3.63, 3.8) is 0 Å². The lowest BCUT2D eigenvalue weighted by molar-refractivity contribution is 0.144. The van der Waals surface area contributed by atoms with E-state index in [0.717, 1.165) is 18.6 Å². The number of ether oxygens (including phenoxy) is 2. The van der Waals surface area contributed by atoms with E-state index in [1.54, 1.807) is 13.4 Å². The van der Waals surface area contributed by atoms with Crippen LogP contribution in [-0.4, -0.2) is 30.3 Å². The molecule has 7 nitrogen and oxygen atoms in total. The molecule has 22 heavy (non-hydrogen) atoms. The van der Waals surface area contributed by atoms with E-state index < -0.39 is 0 Å². The van der Waals surface area contributed by atoms with Gasteiger partial charge in [0.15, 0.2) is 5.82 Å². The Morgan fingerprint density at radius 3 is 2.86 bits per heavy atom. The summed E-state index contributed by atoms with van der Waals surface area (Å²) >= 11 is 0. The van der Waals surface area contributed by atoms with E-state index in [1.165, 1.54) is 0 Å². The summed E-state index contributed by atoms with van der Waals surface area (Å²) < 4.78 is 15.8. The van der Waals surface area contributed by atoms with E-state index in [2.05, 4.69) is 22.2 Å². The normalized spacial score (nSPS) is 10.6. The number of hydrogen-bond donors (Lipinski definition) is 2. The van der Waals surface area contributed by atoms with Gasteiger partial charge >= 0.3 is 0 Å². The minimum atomic E-state index is 0.387. The molecule has 0 unspecified atom stereocenters. The molecular formula is C15H22N4O3. The summed E-state index contributed by atoms with van der Waals surface area (Å²) in [6, 6.07) is 3.72. The zero-order valence-electron chi connectivity index (χ0n) is 13.0. The molecule has 0 amide bonds. The lowest BCUT2D eigenvalue weighted by atomic mass is 10.3. The average molecular weight is 306 g/mol. The van der Waals surface area contributed by atoms with Gasteiger partial charge in [-0.15, -0.1) is 0 Å². The SMILES string of the molecule is CCCc1nc(NCc2ccco2)c(N)c(OCCOC)n1. The molecule has 0 aliphatic heterocycles. The van der Waals surface area contributed by atoms with Gasteiger partial charge in [-0.2, -0.15) is 4.98 Å². The molecule has 2 heterocycles. The van der Waals surface area contributed by atoms with Crippen LogP contribution in [0.15, 0.2) is 22.8 Å². The second kappa shape index (κ2) is 8.23. The highest BCUT2D eigenvalue weighted by molar-refractivity contribution is 5.66. The van der Waals surface area contributed by atoms with Crippen LogP contribution < -0.4 is 15.8 Å². The fraction of sp³-hybridized carbons (Fsp3) is 0.467. The van der Waals surface area contributed by atoms with Crippen LogP contribution in [0.2, 0.25) is 0 Å². The highest BCUT2D eigenvalue weighted by Crippen LogP contribution is 2.27. The maximum Gasteiger partial charge on any atom is 0.242 e. The van der Waals surface area contributed by atoms with Crippen LogP contribution in [0, 0.1) is 0 Å². The summed E-state index contributed by atoms with van der Waals surface area (Å²) in [7, 11) is 1.62. The molecule has 0 spiro atoms. The molecule has 0 bridgehead atoms. The van der Waals surface area contributed by atoms with E-state index in [1.807, 2.05) is 12.1 Å². The number of methoxy groups -OCH3 is 1. The van der Waals surface area contributed by atoms with Crippen molar-refractivity contribution in [3.8, 4) is 5.88 Å². The minimum absolute atomic E-state index is 0.387. The molecule has 3 N–H and O–H groups in total. The van der Waals surface area contributed by atoms with Crippen molar-refractivity contribution in [2.24, 2.45) is 0 Å². The van der Waals surface area contributed by atoms with Crippen molar-refractivity contribution < 1.29 is 13.9 Å². The first-order valence-corrected chi connectivity index (χ1v) is 7.29. The van der Waals surface area contributed by atoms with Crippen LogP contribution in [0.5, 0.6) is 5.88 Å². The van der Waals surface area contributed by atoms with Crippen molar-refractivity contribution >= 4 is 11.5 Å². The Hall–Kier alpha value is -2.28. The fourth-order valence-corrected chi connectivity index (χ4v) is 1.88. The lowest BCUT2D eigenvalue weighted by Gasteiger charge is -2.13. The van der Waals surface area contributed by atoms with Crippen LogP contribution in [0.1, 0.15) is 24.9 Å². The molecule has 0 aliphatic rings. The molecule has 0 fully saturated rings. The van der Waals surface area contributed by atoms with Gasteiger partial charge in [-0.05, 0) is 18.6 Å². The number of rotatable bonds is 9. The summed E-state index contributed by atoms with van der Waals surface area (Å²) in [5, 5.41) is 3.16. The number of nitrogens with one attached hydrogen (secondary N) is 1. The second-order valence-corrected chi connectivity index (χ2v) is 4.73. The van der Waals surface area contributed by atoms with Crippen LogP contribution in [0.4, 0.5) is 11.5 Å². The number of aryl methyl sites for hydroxylation is 1. The van der Waals surface area contributed by atoms with Gasteiger partial charge in [-0.1, -0.05) is 6.92 Å². The molecule has 7 heteroatoms. The van der Waals surface area contributed by atoms with E-state index in [4.69, 9.17) is 19.6 Å². The number of nitrogens with zero attached hydrogens (tertiary/aromatic N) is 2. The molecule has 0 aromatic carbocycles. The summed E-state index contributed by atoms with van der Waals surface area (Å²) in [6.45, 7) is 3.43. The predicted octanol–water partition coefficient (Wildman–Crippen LogP) is 2.24. The maximum absolute atomic E-state index is 6.09. The van der Waals surface area contributed by atoms with E-state index >= 15 is 0 Å². The monoisotopic (exact) mass is 306 g/mol. The molecule has 0 radical (unpaired) electrons. The van der Waals surface area contributed by atoms with E-state index in [0.29, 0.717) is 43.0 Å². The van der Waals surface area contributed by atoms with Gasteiger partial charge in [0, 0.05) is 13.5 Å². The highest BCUT2D eigenvalue weighted by Gasteiger charge is 2.13. The Balaban J connectivity index is 2.14. The van der Waals surface area contributed by atoms with E-state index in [-0.39, 0.29) is 0 Å². The Morgan fingerprint density at radius 1 is 1.32 bits per heavy atom. The third kappa shape index (κ3) is 4.36. The molecular weight excluding hydrogens is 284 g/mol. The lowest BCUT2D eigenvalue weighted by Crippen LogP contribution is -2.12. The Bertz CT molecular complexity index is 572. The van der Waals surface area contributed by atoms with Gasteiger partial charge in [-0.25, -0.2) is 4.98 Å². The maximum atomic E-state index is 6.09. The molecule has 2 aromatic heterocycles. The molecule has 0 atom stereocenters. The second-order valence-electron chi connectivity index (χ2n) is 4.73. The topological polar surface area (TPSA) is 95.4 Å². The smallest absolute Gasteiger partial charge is 0.242 e. The van der Waals surface area contributed by atoms with E-state index in [9.17, 15) is 0 Å². The predicted molar refractivity (Wildman–Crippen MR) is 83.8 cm³/mol. The van der Waals surface area contributed by atoms with Gasteiger partial charge in [-0.3, -0.25) is 0 Å². The first-order chi connectivity index (χ1) is 10.7. The Morgan fingerprint density at radius 2 is 2.18 bits per heavy atom. The largest absolute Gasteiger partial charge is 0.474 e. The average Bonchev–Trinajstić information content (AvgIpc) is 3.02. The molecule has 2 aromatic rings. The van der Waals surface area contributed by atoms with Crippen molar-refractivity contribution in [1.82, 2.24) is 9.97 Å². The Labute approximate surface area is 129 Å². The zero-order valence-corrected chi connectivity index (χ0v) is 13.0. The molecule has 120 valence electrons. The van der Waals surface area contributed by atoms with Gasteiger partial charge in [0.1, 0.15) is 23.9 Å². The van der Waals surface area contributed by atoms with Crippen LogP contribution in [-0.2, 0) is 17.7 Å². The molecule has 0 aliphatic carbocycles. The number of nitrogens with two attached hydrogens (primary N) is 1. The minimum Gasteiger partial charge on any atom is -0.474 e. The first kappa shape index (κ1) is 16.1. The van der Waals surface area contributed by atoms with Crippen LogP contribution in [0.3, 0.4) is 0 Å². The number of nitrogen functional groups attached to an aromatic ring is 1. The van der Waals surface area contributed by atoms with Crippen LogP contribution >= 0.6 is 0 Å². The first-order valence-electron chi connectivity index (χ1n) is 7.29. The Kier molecular flexibility index (Phi) is 6.02. The van der Waals surface area contributed by atoms with Crippen molar-refractivity contribution in [2.75, 3.05) is 31.4 Å². The van der Waals surface area contributed by atoms with Gasteiger partial charge in [0.2, 0.25) is 5.88 Å². The highest BCUT2D eigenvalue weighted by atomic mass is 16.5. The number of aromatic nitrogens is 2. The molecule has 2 rings (SSSR count). The quantitative estimate of drug-likeness (QED) is 0.686. The van der Waals surface area contributed by atoms with Crippen LogP contribution in [0.25, 0.3) is 0 Å². The van der Waals surface area contributed by atoms with Crippen molar-refractivity contribution in [1.29, 1.82) is 0 Å². The zero-order chi connectivity index (χ0) is 15.8. The van der Waals surface area contributed by atoms with Gasteiger partial charge in [0.25, 0.3) is 0 Å². The fourth-order valence-electron chi connectivity index (χ4n) is 1.88. The third-order valence-corrected chi connectivity index (χ3v) is 2.97. The number of furan rings is 1. The number of hydrogen-bond acceptors (Lipinski definition) is 7. The summed E-state index contributed by atoms with van der Waals surface area (Å²) in [4.78, 5) is 8.81. The molecule has 0 saturated carbocycles. The summed E-state index contributed by atoms with van der Waals surface area (Å²) in [6.07, 6.45) is 3.33. The van der Waals surface area contributed by atoms with Gasteiger partial charge < -0.3 is 24.9 Å². The number of anilines is 2. The van der Waals surface area contributed by atoms with Crippen molar-refractivity contribution in [3.05, 3.63) is 30.0 Å². The summed E-state index contributed by atoms with van der Waals surface area (Å²) in [5.41, 5.74) is 6.48. The molecule has 0 saturated heterocycles. The summed E-state index contributed by atoms with van der Waals surface area (Å²) in [5.74, 6) is 2.45. The van der Waals surface area contributed by atoms with Gasteiger partial charge in [0.05, 0.1) is 19.4 Å². The van der Waals surface area contributed by atoms with Crippen molar-refractivity contribution in [2.45, 2.75) is 26.3 Å². The standard InChI is InChI=1S/C15H22N4O3/c1-3-5-12-18-14(17-10-11-6-4-7-21-11)13(16)15(19-12)22-9-8-20-2/h4,6-7H,3,5,8-10,16H2,1-2H3,(H,17,18,19). The third-order valence-electron chi connectivity index (χ3n) is 2.97.